The van der Waals surface area contributed by atoms with Gasteiger partial charge in [-0.05, 0) is 12.1 Å². The minimum Gasteiger partial charge on any atom is -0.497 e. The second-order valence-electron chi connectivity index (χ2n) is 3.16. The molecule has 0 amide bonds. The Kier molecular flexibility index (Phi) is 5.15. The molecule has 0 aliphatic rings. The number of hydrogen-bond acceptors (Lipinski definition) is 4. The minimum atomic E-state index is 0. The maximum Gasteiger partial charge on any atom is 0.122 e. The topological polar surface area (TPSA) is 44.2 Å². The Labute approximate surface area is 116 Å². The van der Waals surface area contributed by atoms with Crippen molar-refractivity contribution in [1.29, 1.82) is 0 Å². The molecule has 0 bridgehead atoms. The van der Waals surface area contributed by atoms with E-state index >= 15 is 0 Å². The fourth-order valence-corrected chi connectivity index (χ4v) is 1.36. The van der Waals surface area contributed by atoms with Gasteiger partial charge in [-0.2, -0.15) is 0 Å². The van der Waals surface area contributed by atoms with Crippen molar-refractivity contribution in [2.24, 2.45) is 0 Å². The van der Waals surface area contributed by atoms with E-state index in [1.54, 1.807) is 38.7 Å². The second-order valence-corrected chi connectivity index (χ2v) is 3.16. The van der Waals surface area contributed by atoms with Gasteiger partial charge in [0.2, 0.25) is 0 Å². The summed E-state index contributed by atoms with van der Waals surface area (Å²) in [5.41, 5.74) is 1.52. The molecule has 5 heteroatoms. The largest absolute Gasteiger partial charge is 0.497 e. The van der Waals surface area contributed by atoms with Crippen molar-refractivity contribution in [3.8, 4) is 22.9 Å². The molecule has 4 nitrogen and oxygen atoms in total. The van der Waals surface area contributed by atoms with E-state index in [1.807, 2.05) is 12.1 Å². The molecular weight excluding hydrogens is 312 g/mol. The van der Waals surface area contributed by atoms with E-state index < -0.39 is 0 Å². The summed E-state index contributed by atoms with van der Waals surface area (Å²) in [6, 6.07) is 7.26. The van der Waals surface area contributed by atoms with Crippen LogP contribution in [0.2, 0.25) is 0 Å². The van der Waals surface area contributed by atoms with Gasteiger partial charge in [-0.3, -0.25) is 9.97 Å². The molecule has 2 aromatic heterocycles. The van der Waals surface area contributed by atoms with Crippen LogP contribution < -0.4 is 9.47 Å². The zero-order valence-corrected chi connectivity index (χ0v) is 11.0. The SMILES string of the molecule is COc1ccnc(-c2cc(OC)ccn2)c1.[Ag]. The van der Waals surface area contributed by atoms with Gasteiger partial charge < -0.3 is 9.47 Å². The van der Waals surface area contributed by atoms with Crippen LogP contribution in [0.3, 0.4) is 0 Å². The molecule has 2 heterocycles. The summed E-state index contributed by atoms with van der Waals surface area (Å²) in [6.45, 7) is 0. The minimum absolute atomic E-state index is 0. The van der Waals surface area contributed by atoms with Gasteiger partial charge in [-0.1, -0.05) is 0 Å². The van der Waals surface area contributed by atoms with Crippen LogP contribution in [0.25, 0.3) is 11.4 Å². The quantitative estimate of drug-likeness (QED) is 0.812. The summed E-state index contributed by atoms with van der Waals surface area (Å²) in [4.78, 5) is 8.47. The molecule has 93 valence electrons. The molecule has 0 aliphatic carbocycles. The Morgan fingerprint density at radius 1 is 0.824 bits per heavy atom. The standard InChI is InChI=1S/C12H12N2O2.Ag/c1-15-9-3-5-13-11(7-9)12-8-10(16-2)4-6-14-12;/h3-8H,1-2H3;. The van der Waals surface area contributed by atoms with Gasteiger partial charge >= 0.3 is 0 Å². The van der Waals surface area contributed by atoms with E-state index in [9.17, 15) is 0 Å². The van der Waals surface area contributed by atoms with Crippen LogP contribution in [0.4, 0.5) is 0 Å². The van der Waals surface area contributed by atoms with Crippen molar-refractivity contribution in [2.45, 2.75) is 0 Å². The molecule has 2 rings (SSSR count). The Hall–Kier alpha value is -1.36. The molecule has 1 radical (unpaired) electrons. The molecule has 0 saturated heterocycles. The van der Waals surface area contributed by atoms with Crippen LogP contribution >= 0.6 is 0 Å². The number of nitrogens with zero attached hydrogens (tertiary/aromatic N) is 2. The Morgan fingerprint density at radius 2 is 1.24 bits per heavy atom. The van der Waals surface area contributed by atoms with Crippen molar-refractivity contribution in [2.75, 3.05) is 14.2 Å². The fourth-order valence-electron chi connectivity index (χ4n) is 1.36. The maximum atomic E-state index is 5.13. The van der Waals surface area contributed by atoms with Crippen molar-refractivity contribution >= 4 is 0 Å². The zero-order chi connectivity index (χ0) is 11.4. The predicted molar refractivity (Wildman–Crippen MR) is 60.6 cm³/mol. The van der Waals surface area contributed by atoms with E-state index in [2.05, 4.69) is 9.97 Å². The number of hydrogen-bond donors (Lipinski definition) is 0. The third-order valence-electron chi connectivity index (χ3n) is 2.20. The van der Waals surface area contributed by atoms with E-state index in [4.69, 9.17) is 9.47 Å². The molecule has 0 aliphatic heterocycles. The van der Waals surface area contributed by atoms with Gasteiger partial charge in [0.1, 0.15) is 11.5 Å². The molecule has 0 fully saturated rings. The number of rotatable bonds is 3. The third kappa shape index (κ3) is 3.30. The monoisotopic (exact) mass is 323 g/mol. The molecule has 0 N–H and O–H groups in total. The first-order valence-corrected chi connectivity index (χ1v) is 4.84. The van der Waals surface area contributed by atoms with Gasteiger partial charge in [0.25, 0.3) is 0 Å². The first-order valence-electron chi connectivity index (χ1n) is 4.84. The Bertz CT molecular complexity index is 446. The fraction of sp³-hybridized carbons (Fsp3) is 0.167. The summed E-state index contributed by atoms with van der Waals surface area (Å²) in [5, 5.41) is 0. The number of ether oxygens (including phenoxy) is 2. The average Bonchev–Trinajstić information content (AvgIpc) is 2.39. The van der Waals surface area contributed by atoms with Crippen molar-refractivity contribution < 1.29 is 31.9 Å². The van der Waals surface area contributed by atoms with Gasteiger partial charge in [-0.25, -0.2) is 0 Å². The van der Waals surface area contributed by atoms with E-state index in [-0.39, 0.29) is 22.4 Å². The van der Waals surface area contributed by atoms with Crippen molar-refractivity contribution in [1.82, 2.24) is 9.97 Å². The first kappa shape index (κ1) is 13.7. The van der Waals surface area contributed by atoms with E-state index in [1.165, 1.54) is 0 Å². The van der Waals surface area contributed by atoms with Gasteiger partial charge in [0, 0.05) is 46.9 Å². The second kappa shape index (κ2) is 6.39. The zero-order valence-electron chi connectivity index (χ0n) is 9.48. The Morgan fingerprint density at radius 3 is 1.59 bits per heavy atom. The first-order chi connectivity index (χ1) is 7.83. The van der Waals surface area contributed by atoms with Crippen LogP contribution in [-0.2, 0) is 22.4 Å². The number of aromatic nitrogens is 2. The Balaban J connectivity index is 0.00000144. The molecule has 0 saturated carbocycles. The molecule has 17 heavy (non-hydrogen) atoms. The predicted octanol–water partition coefficient (Wildman–Crippen LogP) is 2.16. The van der Waals surface area contributed by atoms with Gasteiger partial charge in [0.15, 0.2) is 0 Å². The third-order valence-corrected chi connectivity index (χ3v) is 2.20. The van der Waals surface area contributed by atoms with Crippen LogP contribution in [0, 0.1) is 0 Å². The summed E-state index contributed by atoms with van der Waals surface area (Å²) >= 11 is 0. The summed E-state index contributed by atoms with van der Waals surface area (Å²) < 4.78 is 10.3. The van der Waals surface area contributed by atoms with Crippen LogP contribution in [-0.4, -0.2) is 24.2 Å². The van der Waals surface area contributed by atoms with Crippen LogP contribution in [0.1, 0.15) is 0 Å². The number of methoxy groups -OCH3 is 2. The summed E-state index contributed by atoms with van der Waals surface area (Å²) in [5.74, 6) is 1.52. The van der Waals surface area contributed by atoms with E-state index in [0.29, 0.717) is 0 Å². The van der Waals surface area contributed by atoms with Crippen LogP contribution in [0.15, 0.2) is 36.7 Å². The summed E-state index contributed by atoms with van der Waals surface area (Å²) in [7, 11) is 3.25. The summed E-state index contributed by atoms with van der Waals surface area (Å²) in [6.07, 6.45) is 3.38. The average molecular weight is 324 g/mol. The molecule has 0 spiro atoms. The maximum absolute atomic E-state index is 5.13. The van der Waals surface area contributed by atoms with Crippen molar-refractivity contribution in [3.63, 3.8) is 0 Å². The normalized spacial score (nSPS) is 9.29. The molecule has 0 atom stereocenters. The van der Waals surface area contributed by atoms with Gasteiger partial charge in [0.05, 0.1) is 25.6 Å². The molecule has 0 unspecified atom stereocenters. The molecular formula is C12H12AgN2O2. The smallest absolute Gasteiger partial charge is 0.122 e. The van der Waals surface area contributed by atoms with Gasteiger partial charge in [-0.15, -0.1) is 0 Å². The van der Waals surface area contributed by atoms with Crippen LogP contribution in [0.5, 0.6) is 11.5 Å². The number of pyridine rings is 2. The van der Waals surface area contributed by atoms with Crippen molar-refractivity contribution in [3.05, 3.63) is 36.7 Å². The molecule has 2 aromatic rings. The molecule has 0 aromatic carbocycles. The van der Waals surface area contributed by atoms with E-state index in [0.717, 1.165) is 22.9 Å².